The molecule has 0 atom stereocenters. The van der Waals surface area contributed by atoms with E-state index in [0.29, 0.717) is 11.4 Å². The maximum atomic E-state index is 13.5. The first-order chi connectivity index (χ1) is 10.6. The molecule has 2 aromatic carbocycles. The van der Waals surface area contributed by atoms with Crippen LogP contribution >= 0.6 is 0 Å². The van der Waals surface area contributed by atoms with Gasteiger partial charge >= 0.3 is 0 Å². The van der Waals surface area contributed by atoms with Crippen LogP contribution in [-0.2, 0) is 0 Å². The molecular formula is C16H12F2N4. The fourth-order valence-corrected chi connectivity index (χ4v) is 1.95. The zero-order valence-electron chi connectivity index (χ0n) is 11.7. The lowest BCUT2D eigenvalue weighted by Crippen LogP contribution is -1.93. The van der Waals surface area contributed by atoms with Gasteiger partial charge in [-0.05, 0) is 31.2 Å². The highest BCUT2D eigenvalue weighted by atomic mass is 19.1. The number of halogens is 2. The molecule has 0 fully saturated rings. The van der Waals surface area contributed by atoms with Gasteiger partial charge in [0.2, 0.25) is 0 Å². The lowest BCUT2D eigenvalue weighted by Gasteiger charge is -1.98. The average molecular weight is 298 g/mol. The summed E-state index contributed by atoms with van der Waals surface area (Å²) in [7, 11) is 0. The van der Waals surface area contributed by atoms with E-state index in [9.17, 15) is 8.78 Å². The van der Waals surface area contributed by atoms with Crippen LogP contribution in [0.3, 0.4) is 0 Å². The summed E-state index contributed by atoms with van der Waals surface area (Å²) in [6, 6.07) is 13.0. The molecule has 0 unspecified atom stereocenters. The van der Waals surface area contributed by atoms with Gasteiger partial charge < -0.3 is 0 Å². The second kappa shape index (κ2) is 5.85. The van der Waals surface area contributed by atoms with Crippen LogP contribution < -0.4 is 0 Å². The molecule has 0 saturated heterocycles. The molecule has 22 heavy (non-hydrogen) atoms. The van der Waals surface area contributed by atoms with Crippen LogP contribution in [0.25, 0.3) is 5.69 Å². The molecular weight excluding hydrogens is 286 g/mol. The van der Waals surface area contributed by atoms with E-state index in [0.717, 1.165) is 17.8 Å². The van der Waals surface area contributed by atoms with E-state index in [1.165, 1.54) is 6.07 Å². The Balaban J connectivity index is 1.94. The van der Waals surface area contributed by atoms with Crippen LogP contribution in [0.1, 0.15) is 5.69 Å². The summed E-state index contributed by atoms with van der Waals surface area (Å²) in [5.74, 6) is -1.51. The number of para-hydroxylation sites is 1. The van der Waals surface area contributed by atoms with Crippen molar-refractivity contribution >= 4 is 11.4 Å². The van der Waals surface area contributed by atoms with Gasteiger partial charge in [0.1, 0.15) is 5.69 Å². The van der Waals surface area contributed by atoms with Crippen LogP contribution in [0.4, 0.5) is 20.2 Å². The second-order valence-corrected chi connectivity index (χ2v) is 4.65. The van der Waals surface area contributed by atoms with Crippen molar-refractivity contribution < 1.29 is 8.78 Å². The Morgan fingerprint density at radius 2 is 1.59 bits per heavy atom. The van der Waals surface area contributed by atoms with E-state index in [4.69, 9.17) is 0 Å². The molecule has 6 heteroatoms. The lowest BCUT2D eigenvalue weighted by atomic mass is 10.3. The highest BCUT2D eigenvalue weighted by molar-refractivity contribution is 5.45. The zero-order valence-corrected chi connectivity index (χ0v) is 11.7. The van der Waals surface area contributed by atoms with Crippen molar-refractivity contribution in [1.82, 2.24) is 9.78 Å². The summed E-state index contributed by atoms with van der Waals surface area (Å²) >= 11 is 0. The van der Waals surface area contributed by atoms with E-state index < -0.39 is 17.3 Å². The largest absolute Gasteiger partial charge is 0.238 e. The number of aromatic nitrogens is 2. The number of aryl methyl sites for hydroxylation is 1. The maximum absolute atomic E-state index is 13.5. The van der Waals surface area contributed by atoms with Crippen molar-refractivity contribution in [2.75, 3.05) is 0 Å². The Labute approximate surface area is 125 Å². The Morgan fingerprint density at radius 1 is 0.909 bits per heavy atom. The molecule has 1 aromatic heterocycles. The molecule has 3 rings (SSSR count). The Morgan fingerprint density at radius 3 is 2.27 bits per heavy atom. The van der Waals surface area contributed by atoms with Gasteiger partial charge in [-0.25, -0.2) is 13.5 Å². The Bertz CT molecular complexity index is 805. The van der Waals surface area contributed by atoms with Crippen LogP contribution in [0.2, 0.25) is 0 Å². The van der Waals surface area contributed by atoms with Gasteiger partial charge in [-0.3, -0.25) is 0 Å². The number of benzene rings is 2. The number of nitrogens with zero attached hydrogens (tertiary/aromatic N) is 4. The number of hydrogen-bond donors (Lipinski definition) is 0. The molecule has 110 valence electrons. The molecule has 0 saturated carbocycles. The molecule has 0 aliphatic carbocycles. The zero-order chi connectivity index (χ0) is 15.5. The summed E-state index contributed by atoms with van der Waals surface area (Å²) in [4.78, 5) is 0. The maximum Gasteiger partial charge on any atom is 0.157 e. The van der Waals surface area contributed by atoms with Gasteiger partial charge in [-0.15, -0.1) is 10.2 Å². The van der Waals surface area contributed by atoms with E-state index in [2.05, 4.69) is 15.3 Å². The standard InChI is InChI=1S/C16H12F2N4/c1-11-15(10-22(21-11)12-6-3-2-4-7-12)19-20-16-13(17)8-5-9-14(16)18/h2-10H,1H3. The molecule has 3 aromatic rings. The highest BCUT2D eigenvalue weighted by Gasteiger charge is 2.09. The third kappa shape index (κ3) is 2.76. The van der Waals surface area contributed by atoms with Crippen molar-refractivity contribution in [2.45, 2.75) is 6.92 Å². The number of rotatable bonds is 3. The second-order valence-electron chi connectivity index (χ2n) is 4.65. The van der Waals surface area contributed by atoms with Crippen molar-refractivity contribution in [3.63, 3.8) is 0 Å². The van der Waals surface area contributed by atoms with Gasteiger partial charge in [0.05, 0.1) is 17.6 Å². The molecule has 0 radical (unpaired) electrons. The van der Waals surface area contributed by atoms with Crippen LogP contribution in [0.15, 0.2) is 65.0 Å². The first-order valence-electron chi connectivity index (χ1n) is 6.62. The lowest BCUT2D eigenvalue weighted by molar-refractivity contribution is 0.585. The molecule has 0 spiro atoms. The van der Waals surface area contributed by atoms with Gasteiger partial charge in [-0.1, -0.05) is 24.3 Å². The summed E-state index contributed by atoms with van der Waals surface area (Å²) in [6.45, 7) is 1.76. The predicted octanol–water partition coefficient (Wildman–Crippen LogP) is 4.87. The summed E-state index contributed by atoms with van der Waals surface area (Å²) in [5, 5.41) is 11.9. The van der Waals surface area contributed by atoms with E-state index in [1.807, 2.05) is 30.3 Å². The third-order valence-electron chi connectivity index (χ3n) is 3.09. The first-order valence-corrected chi connectivity index (χ1v) is 6.62. The summed E-state index contributed by atoms with van der Waals surface area (Å²) < 4.78 is 28.7. The highest BCUT2D eigenvalue weighted by Crippen LogP contribution is 2.26. The van der Waals surface area contributed by atoms with Gasteiger partial charge in [0.15, 0.2) is 17.3 Å². The molecule has 0 aliphatic heterocycles. The van der Waals surface area contributed by atoms with Crippen LogP contribution in [0, 0.1) is 18.6 Å². The van der Waals surface area contributed by atoms with Crippen molar-refractivity contribution in [1.29, 1.82) is 0 Å². The van der Waals surface area contributed by atoms with Crippen molar-refractivity contribution in [3.05, 3.63) is 72.1 Å². The SMILES string of the molecule is Cc1nn(-c2ccccc2)cc1N=Nc1c(F)cccc1F. The number of hydrogen-bond acceptors (Lipinski definition) is 3. The number of azo groups is 1. The molecule has 0 bridgehead atoms. The average Bonchev–Trinajstić information content (AvgIpc) is 2.89. The first kappa shape index (κ1) is 14.1. The van der Waals surface area contributed by atoms with Crippen LogP contribution in [0.5, 0.6) is 0 Å². The third-order valence-corrected chi connectivity index (χ3v) is 3.09. The summed E-state index contributed by atoms with van der Waals surface area (Å²) in [5.41, 5.74) is 1.52. The Hall–Kier alpha value is -2.89. The minimum atomic E-state index is -0.753. The van der Waals surface area contributed by atoms with Gasteiger partial charge in [0, 0.05) is 0 Å². The van der Waals surface area contributed by atoms with Gasteiger partial charge in [-0.2, -0.15) is 5.10 Å². The van der Waals surface area contributed by atoms with Crippen molar-refractivity contribution in [2.24, 2.45) is 10.2 Å². The van der Waals surface area contributed by atoms with Crippen molar-refractivity contribution in [3.8, 4) is 5.69 Å². The molecule has 0 aliphatic rings. The van der Waals surface area contributed by atoms with Gasteiger partial charge in [0.25, 0.3) is 0 Å². The topological polar surface area (TPSA) is 42.5 Å². The fraction of sp³-hybridized carbons (Fsp3) is 0.0625. The van der Waals surface area contributed by atoms with E-state index in [-0.39, 0.29) is 0 Å². The van der Waals surface area contributed by atoms with E-state index in [1.54, 1.807) is 17.8 Å². The Kier molecular flexibility index (Phi) is 3.74. The van der Waals surface area contributed by atoms with Crippen LogP contribution in [-0.4, -0.2) is 9.78 Å². The smallest absolute Gasteiger partial charge is 0.157 e. The molecule has 0 amide bonds. The molecule has 1 heterocycles. The predicted molar refractivity (Wildman–Crippen MR) is 78.8 cm³/mol. The molecule has 0 N–H and O–H groups in total. The minimum absolute atomic E-state index is 0.408. The molecule has 4 nitrogen and oxygen atoms in total. The quantitative estimate of drug-likeness (QED) is 0.636. The fourth-order valence-electron chi connectivity index (χ4n) is 1.95. The monoisotopic (exact) mass is 298 g/mol. The summed E-state index contributed by atoms with van der Waals surface area (Å²) in [6.07, 6.45) is 1.66. The van der Waals surface area contributed by atoms with E-state index >= 15 is 0 Å². The minimum Gasteiger partial charge on any atom is -0.238 e. The normalized spacial score (nSPS) is 11.2.